The Hall–Kier alpha value is -2.27. The van der Waals surface area contributed by atoms with Gasteiger partial charge in [-0.25, -0.2) is 4.39 Å². The van der Waals surface area contributed by atoms with Crippen LogP contribution in [0.5, 0.6) is 0 Å². The number of amides is 1. The van der Waals surface area contributed by atoms with E-state index in [2.05, 4.69) is 5.32 Å². The summed E-state index contributed by atoms with van der Waals surface area (Å²) in [7, 11) is 0. The van der Waals surface area contributed by atoms with Gasteiger partial charge in [0.25, 0.3) is 5.91 Å². The maximum atomic E-state index is 13.2. The van der Waals surface area contributed by atoms with E-state index >= 15 is 0 Å². The summed E-state index contributed by atoms with van der Waals surface area (Å²) in [6.45, 7) is 0. The molecule has 2 rings (SSSR count). The first-order chi connectivity index (χ1) is 8.97. The van der Waals surface area contributed by atoms with Crippen LogP contribution in [-0.4, -0.2) is 5.91 Å². The van der Waals surface area contributed by atoms with Crippen LogP contribution in [-0.2, 0) is 0 Å². The highest BCUT2D eigenvalue weighted by Crippen LogP contribution is 2.21. The Labute approximate surface area is 114 Å². The summed E-state index contributed by atoms with van der Waals surface area (Å²) >= 11 is 5.56. The first-order valence-electron chi connectivity index (χ1n) is 5.39. The highest BCUT2D eigenvalue weighted by Gasteiger charge is 2.11. The van der Waals surface area contributed by atoms with Crippen LogP contribution in [0.15, 0.2) is 36.4 Å². The van der Waals surface area contributed by atoms with E-state index in [1.165, 1.54) is 24.3 Å². The number of carbonyl (C=O) groups excluding carboxylic acids is 1. The monoisotopic (exact) mass is 279 g/mol. The number of halogens is 2. The van der Waals surface area contributed by atoms with Crippen LogP contribution in [0.25, 0.3) is 0 Å². The molecule has 2 aromatic carbocycles. The molecule has 98 valence electrons. The van der Waals surface area contributed by atoms with E-state index in [0.717, 1.165) is 6.07 Å². The number of rotatable bonds is 2. The zero-order valence-electron chi connectivity index (χ0n) is 9.78. The highest BCUT2D eigenvalue weighted by atomic mass is 35.5. The minimum atomic E-state index is -0.607. The third-order valence-electron chi connectivity index (χ3n) is 2.50. The number of nitrogens with two attached hydrogens (primary N) is 2. The Bertz CT molecular complexity index is 646. The molecule has 0 saturated carbocycles. The molecule has 4 nitrogen and oxygen atoms in total. The third-order valence-corrected chi connectivity index (χ3v) is 2.80. The second-order valence-corrected chi connectivity index (χ2v) is 4.34. The Balaban J connectivity index is 2.23. The number of benzene rings is 2. The topological polar surface area (TPSA) is 81.1 Å². The average molecular weight is 280 g/mol. The van der Waals surface area contributed by atoms with Crippen molar-refractivity contribution in [1.82, 2.24) is 0 Å². The SMILES string of the molecule is Nc1ccc(C(=O)Nc2ccc(Cl)c(F)c2)c(N)c1. The molecule has 0 aliphatic rings. The van der Waals surface area contributed by atoms with Crippen molar-refractivity contribution in [2.45, 2.75) is 0 Å². The van der Waals surface area contributed by atoms with Crippen molar-refractivity contribution in [3.05, 3.63) is 52.8 Å². The smallest absolute Gasteiger partial charge is 0.257 e. The molecule has 0 fully saturated rings. The Morgan fingerprint density at radius 1 is 1.16 bits per heavy atom. The first-order valence-corrected chi connectivity index (χ1v) is 5.76. The van der Waals surface area contributed by atoms with E-state index in [9.17, 15) is 9.18 Å². The quantitative estimate of drug-likeness (QED) is 0.739. The van der Waals surface area contributed by atoms with Gasteiger partial charge in [0.15, 0.2) is 0 Å². The van der Waals surface area contributed by atoms with Crippen LogP contribution in [0, 0.1) is 5.82 Å². The molecule has 1 amide bonds. The van der Waals surface area contributed by atoms with E-state index in [0.29, 0.717) is 11.4 Å². The summed E-state index contributed by atoms with van der Waals surface area (Å²) in [5.74, 6) is -1.05. The number of anilines is 3. The lowest BCUT2D eigenvalue weighted by Crippen LogP contribution is -2.14. The van der Waals surface area contributed by atoms with Gasteiger partial charge in [0.2, 0.25) is 0 Å². The molecular formula is C13H11ClFN3O. The molecule has 0 atom stereocenters. The molecule has 0 aromatic heterocycles. The lowest BCUT2D eigenvalue weighted by atomic mass is 10.1. The van der Waals surface area contributed by atoms with Gasteiger partial charge in [-0.05, 0) is 36.4 Å². The van der Waals surface area contributed by atoms with Gasteiger partial charge in [-0.15, -0.1) is 0 Å². The van der Waals surface area contributed by atoms with Crippen LogP contribution in [0.2, 0.25) is 5.02 Å². The van der Waals surface area contributed by atoms with Crippen molar-refractivity contribution in [2.75, 3.05) is 16.8 Å². The Morgan fingerprint density at radius 2 is 1.89 bits per heavy atom. The van der Waals surface area contributed by atoms with Crippen molar-refractivity contribution in [3.8, 4) is 0 Å². The van der Waals surface area contributed by atoms with Gasteiger partial charge in [-0.3, -0.25) is 4.79 Å². The number of nitrogen functional groups attached to an aromatic ring is 2. The molecule has 0 aliphatic heterocycles. The standard InChI is InChI=1S/C13H11ClFN3O/c14-10-4-2-8(6-11(10)15)18-13(19)9-3-1-7(16)5-12(9)17/h1-6H,16-17H2,(H,18,19). The van der Waals surface area contributed by atoms with Gasteiger partial charge in [-0.1, -0.05) is 11.6 Å². The average Bonchev–Trinajstić information content (AvgIpc) is 2.33. The molecule has 0 saturated heterocycles. The molecule has 0 radical (unpaired) electrons. The Morgan fingerprint density at radius 3 is 2.53 bits per heavy atom. The van der Waals surface area contributed by atoms with Crippen LogP contribution in [0.1, 0.15) is 10.4 Å². The number of hydrogen-bond acceptors (Lipinski definition) is 3. The molecular weight excluding hydrogens is 269 g/mol. The van der Waals surface area contributed by atoms with Crippen molar-refractivity contribution in [2.24, 2.45) is 0 Å². The fraction of sp³-hybridized carbons (Fsp3) is 0. The predicted molar refractivity (Wildman–Crippen MR) is 74.6 cm³/mol. The van der Waals surface area contributed by atoms with Crippen molar-refractivity contribution in [3.63, 3.8) is 0 Å². The van der Waals surface area contributed by atoms with Gasteiger partial charge >= 0.3 is 0 Å². The van der Waals surface area contributed by atoms with E-state index in [1.54, 1.807) is 6.07 Å². The van der Waals surface area contributed by atoms with Crippen LogP contribution in [0.3, 0.4) is 0 Å². The van der Waals surface area contributed by atoms with Gasteiger partial charge in [-0.2, -0.15) is 0 Å². The molecule has 6 heteroatoms. The van der Waals surface area contributed by atoms with Crippen molar-refractivity contribution >= 4 is 34.6 Å². The Kier molecular flexibility index (Phi) is 3.57. The van der Waals surface area contributed by atoms with E-state index in [-0.39, 0.29) is 16.3 Å². The van der Waals surface area contributed by atoms with Crippen molar-refractivity contribution in [1.29, 1.82) is 0 Å². The van der Waals surface area contributed by atoms with E-state index in [1.807, 2.05) is 0 Å². The van der Waals surface area contributed by atoms with E-state index < -0.39 is 11.7 Å². The lowest BCUT2D eigenvalue weighted by Gasteiger charge is -2.08. The van der Waals surface area contributed by atoms with Gasteiger partial charge in [0.05, 0.1) is 10.6 Å². The van der Waals surface area contributed by atoms with Crippen molar-refractivity contribution < 1.29 is 9.18 Å². The molecule has 2 aromatic rings. The zero-order valence-corrected chi connectivity index (χ0v) is 10.5. The number of nitrogens with one attached hydrogen (secondary N) is 1. The van der Waals surface area contributed by atoms with Crippen LogP contribution >= 0.6 is 11.6 Å². The maximum Gasteiger partial charge on any atom is 0.257 e. The first kappa shape index (κ1) is 13.2. The molecule has 5 N–H and O–H groups in total. The highest BCUT2D eigenvalue weighted by molar-refractivity contribution is 6.30. The van der Waals surface area contributed by atoms with Gasteiger partial charge in [0, 0.05) is 17.1 Å². The molecule has 0 heterocycles. The third kappa shape index (κ3) is 2.95. The molecule has 0 unspecified atom stereocenters. The summed E-state index contributed by atoms with van der Waals surface area (Å²) in [6, 6.07) is 8.54. The largest absolute Gasteiger partial charge is 0.399 e. The second kappa shape index (κ2) is 5.16. The minimum absolute atomic E-state index is 0.00926. The number of carbonyl (C=O) groups is 1. The molecule has 19 heavy (non-hydrogen) atoms. The zero-order chi connectivity index (χ0) is 14.0. The maximum absolute atomic E-state index is 13.2. The predicted octanol–water partition coefficient (Wildman–Crippen LogP) is 2.90. The fourth-order valence-corrected chi connectivity index (χ4v) is 1.68. The molecule has 0 aliphatic carbocycles. The summed E-state index contributed by atoms with van der Waals surface area (Å²) in [5, 5.41) is 2.52. The lowest BCUT2D eigenvalue weighted by molar-refractivity contribution is 0.102. The van der Waals surface area contributed by atoms with Gasteiger partial charge in [0.1, 0.15) is 5.82 Å². The van der Waals surface area contributed by atoms with E-state index in [4.69, 9.17) is 23.1 Å². The van der Waals surface area contributed by atoms with Crippen LogP contribution in [0.4, 0.5) is 21.5 Å². The molecule has 0 bridgehead atoms. The summed E-state index contributed by atoms with van der Waals surface area (Å²) < 4.78 is 13.2. The molecule has 0 spiro atoms. The summed E-state index contributed by atoms with van der Waals surface area (Å²) in [5.41, 5.74) is 12.5. The van der Waals surface area contributed by atoms with Gasteiger partial charge < -0.3 is 16.8 Å². The van der Waals surface area contributed by atoms with Crippen LogP contribution < -0.4 is 16.8 Å². The minimum Gasteiger partial charge on any atom is -0.399 e. The summed E-state index contributed by atoms with van der Waals surface area (Å²) in [6.07, 6.45) is 0. The fourth-order valence-electron chi connectivity index (χ4n) is 1.56. The number of hydrogen-bond donors (Lipinski definition) is 3. The normalized spacial score (nSPS) is 10.2. The second-order valence-electron chi connectivity index (χ2n) is 3.93. The summed E-state index contributed by atoms with van der Waals surface area (Å²) in [4.78, 5) is 12.0.